The van der Waals surface area contributed by atoms with Gasteiger partial charge in [-0.3, -0.25) is 9.20 Å². The molecule has 0 radical (unpaired) electrons. The fourth-order valence-corrected chi connectivity index (χ4v) is 3.65. The van der Waals surface area contributed by atoms with Crippen LogP contribution in [0.4, 0.5) is 11.4 Å². The molecule has 3 aromatic heterocycles. The van der Waals surface area contributed by atoms with E-state index in [0.29, 0.717) is 35.7 Å². The number of benzene rings is 1. The van der Waals surface area contributed by atoms with Gasteiger partial charge in [-0.15, -0.1) is 0 Å². The Labute approximate surface area is 189 Å². The van der Waals surface area contributed by atoms with Gasteiger partial charge in [0.1, 0.15) is 6.61 Å². The van der Waals surface area contributed by atoms with E-state index < -0.39 is 0 Å². The molecule has 1 aliphatic heterocycles. The monoisotopic (exact) mass is 445 g/mol. The number of ether oxygens (including phenoxy) is 1. The van der Waals surface area contributed by atoms with E-state index in [9.17, 15) is 4.79 Å². The third kappa shape index (κ3) is 4.14. The van der Waals surface area contributed by atoms with Gasteiger partial charge < -0.3 is 19.8 Å². The van der Waals surface area contributed by atoms with Crippen molar-refractivity contribution in [2.45, 2.75) is 33.7 Å². The molecule has 1 aromatic carbocycles. The molecule has 0 saturated carbocycles. The second kappa shape index (κ2) is 8.05. The summed E-state index contributed by atoms with van der Waals surface area (Å²) in [5.74, 6) is 0.868. The van der Waals surface area contributed by atoms with Crippen molar-refractivity contribution in [2.75, 3.05) is 17.2 Å². The highest BCUT2D eigenvalue weighted by Crippen LogP contribution is 2.27. The number of carbonyl (C=O) groups excluding carboxylic acids is 1. The molecule has 1 amide bonds. The number of carbonyl (C=O) groups is 1. The van der Waals surface area contributed by atoms with Crippen LogP contribution in [0, 0.1) is 20.8 Å². The molecule has 10 heteroatoms. The van der Waals surface area contributed by atoms with Gasteiger partial charge in [0.2, 0.25) is 11.5 Å². The first-order chi connectivity index (χ1) is 15.9. The normalized spacial score (nSPS) is 15.4. The van der Waals surface area contributed by atoms with Gasteiger partial charge in [-0.25, -0.2) is 19.9 Å². The van der Waals surface area contributed by atoms with Crippen LogP contribution in [0.15, 0.2) is 46.2 Å². The van der Waals surface area contributed by atoms with E-state index in [2.05, 4.69) is 30.6 Å². The Hall–Kier alpha value is -4.21. The van der Waals surface area contributed by atoms with E-state index >= 15 is 0 Å². The van der Waals surface area contributed by atoms with Crippen LogP contribution in [0.3, 0.4) is 0 Å². The van der Waals surface area contributed by atoms with Crippen LogP contribution in [-0.4, -0.2) is 43.9 Å². The number of nitrogens with one attached hydrogen (secondary N) is 2. The summed E-state index contributed by atoms with van der Waals surface area (Å²) in [6.07, 6.45) is 5.46. The minimum Gasteiger partial charge on any atom is -0.463 e. The van der Waals surface area contributed by atoms with Crippen LogP contribution >= 0.6 is 0 Å². The molecule has 0 bridgehead atoms. The predicted molar refractivity (Wildman–Crippen MR) is 124 cm³/mol. The molecule has 2 N–H and O–H groups in total. The summed E-state index contributed by atoms with van der Waals surface area (Å²) in [4.78, 5) is 30.2. The van der Waals surface area contributed by atoms with Gasteiger partial charge in [0, 0.05) is 30.6 Å². The highest BCUT2D eigenvalue weighted by molar-refractivity contribution is 6.03. The van der Waals surface area contributed by atoms with E-state index in [-0.39, 0.29) is 17.7 Å². The number of amides is 1. The Morgan fingerprint density at radius 1 is 1.15 bits per heavy atom. The predicted octanol–water partition coefficient (Wildman–Crippen LogP) is 3.75. The fraction of sp³-hybridized carbons (Fsp3) is 0.261. The minimum atomic E-state index is -0.346. The van der Waals surface area contributed by atoms with Gasteiger partial charge in [-0.05, 0) is 38.5 Å². The van der Waals surface area contributed by atoms with Crippen molar-refractivity contribution >= 4 is 29.1 Å². The third-order valence-corrected chi connectivity index (χ3v) is 5.24. The lowest BCUT2D eigenvalue weighted by molar-refractivity contribution is 0.0994. The van der Waals surface area contributed by atoms with E-state index in [0.717, 1.165) is 22.5 Å². The van der Waals surface area contributed by atoms with E-state index in [1.165, 1.54) is 0 Å². The largest absolute Gasteiger partial charge is 0.463 e. The van der Waals surface area contributed by atoms with Gasteiger partial charge in [0.15, 0.2) is 5.89 Å². The maximum absolute atomic E-state index is 12.6. The molecule has 1 aliphatic rings. The SMILES string of the molecule is Cc1nc(C)c(C(=O)Nc2ccc(C)c(-c3cn4cc(NC5=NC(C)CO5)cnc4n3)c2)o1. The van der Waals surface area contributed by atoms with E-state index in [4.69, 9.17) is 9.15 Å². The molecule has 168 valence electrons. The highest BCUT2D eigenvalue weighted by atomic mass is 16.5. The Morgan fingerprint density at radius 2 is 2.00 bits per heavy atom. The molecule has 0 fully saturated rings. The lowest BCUT2D eigenvalue weighted by Gasteiger charge is -2.08. The Balaban J connectivity index is 1.41. The summed E-state index contributed by atoms with van der Waals surface area (Å²) in [7, 11) is 0. The Morgan fingerprint density at radius 3 is 2.73 bits per heavy atom. The maximum atomic E-state index is 12.6. The van der Waals surface area contributed by atoms with Crippen molar-refractivity contribution in [3.63, 3.8) is 0 Å². The van der Waals surface area contributed by atoms with Crippen molar-refractivity contribution in [1.82, 2.24) is 19.4 Å². The summed E-state index contributed by atoms with van der Waals surface area (Å²) in [6.45, 7) is 8.00. The second-order valence-corrected chi connectivity index (χ2v) is 8.03. The molecular formula is C23H23N7O3. The number of fused-ring (bicyclic) bond motifs is 1. The van der Waals surface area contributed by atoms with Crippen molar-refractivity contribution in [3.8, 4) is 11.3 Å². The number of amidine groups is 1. The number of aliphatic imine (C=N–C) groups is 1. The first-order valence-electron chi connectivity index (χ1n) is 10.5. The number of oxazole rings is 1. The standard InChI is InChI=1S/C23H23N7O3/c1-12-5-6-16(27-21(31)20-14(3)26-15(4)33-20)7-18(12)19-10-30-9-17(8-24-22(30)29-19)28-23-25-13(2)11-32-23/h5-10,13H,11H2,1-4H3,(H,25,28)(H,27,31). The summed E-state index contributed by atoms with van der Waals surface area (Å²) < 4.78 is 12.8. The molecule has 4 aromatic rings. The Bertz CT molecular complexity index is 1400. The average Bonchev–Trinajstić information content (AvgIpc) is 3.47. The number of nitrogens with zero attached hydrogens (tertiary/aromatic N) is 5. The minimum absolute atomic E-state index is 0.136. The molecule has 0 spiro atoms. The quantitative estimate of drug-likeness (QED) is 0.491. The highest BCUT2D eigenvalue weighted by Gasteiger charge is 2.18. The summed E-state index contributed by atoms with van der Waals surface area (Å²) in [6, 6.07) is 6.28. The number of rotatable bonds is 4. The number of hydrogen-bond donors (Lipinski definition) is 2. The fourth-order valence-electron chi connectivity index (χ4n) is 3.65. The average molecular weight is 445 g/mol. The molecule has 1 unspecified atom stereocenters. The number of anilines is 2. The summed E-state index contributed by atoms with van der Waals surface area (Å²) >= 11 is 0. The maximum Gasteiger partial charge on any atom is 0.293 e. The molecule has 0 saturated heterocycles. The van der Waals surface area contributed by atoms with Gasteiger partial charge in [-0.2, -0.15) is 0 Å². The van der Waals surface area contributed by atoms with Crippen LogP contribution in [0.2, 0.25) is 0 Å². The lowest BCUT2D eigenvalue weighted by Crippen LogP contribution is -2.12. The molecular weight excluding hydrogens is 422 g/mol. The van der Waals surface area contributed by atoms with Crippen molar-refractivity contribution in [2.24, 2.45) is 4.99 Å². The molecule has 1 atom stereocenters. The summed E-state index contributed by atoms with van der Waals surface area (Å²) in [5, 5.41) is 6.01. The van der Waals surface area contributed by atoms with Crippen molar-refractivity contribution in [1.29, 1.82) is 0 Å². The van der Waals surface area contributed by atoms with Crippen LogP contribution < -0.4 is 10.6 Å². The second-order valence-electron chi connectivity index (χ2n) is 8.03. The first-order valence-corrected chi connectivity index (χ1v) is 10.5. The molecule has 10 nitrogen and oxygen atoms in total. The number of aromatic nitrogens is 4. The number of hydrogen-bond acceptors (Lipinski definition) is 8. The molecule has 4 heterocycles. The number of imidazole rings is 1. The Kier molecular flexibility index (Phi) is 5.04. The zero-order valence-corrected chi connectivity index (χ0v) is 18.7. The summed E-state index contributed by atoms with van der Waals surface area (Å²) in [5.41, 5.74) is 4.57. The van der Waals surface area contributed by atoms with Gasteiger partial charge >= 0.3 is 0 Å². The van der Waals surface area contributed by atoms with Crippen molar-refractivity contribution < 1.29 is 13.9 Å². The third-order valence-electron chi connectivity index (χ3n) is 5.24. The van der Waals surface area contributed by atoms with Gasteiger partial charge in [0.05, 0.1) is 29.3 Å². The van der Waals surface area contributed by atoms with Gasteiger partial charge in [-0.1, -0.05) is 6.07 Å². The molecule has 5 rings (SSSR count). The molecule has 0 aliphatic carbocycles. The topological polar surface area (TPSA) is 119 Å². The van der Waals surface area contributed by atoms with E-state index in [1.807, 2.05) is 48.8 Å². The smallest absolute Gasteiger partial charge is 0.293 e. The van der Waals surface area contributed by atoms with Crippen LogP contribution in [0.5, 0.6) is 0 Å². The van der Waals surface area contributed by atoms with Crippen LogP contribution in [0.1, 0.15) is 34.6 Å². The van der Waals surface area contributed by atoms with Crippen molar-refractivity contribution in [3.05, 3.63) is 59.7 Å². The zero-order chi connectivity index (χ0) is 23.1. The zero-order valence-electron chi connectivity index (χ0n) is 18.7. The van der Waals surface area contributed by atoms with Crippen LogP contribution in [0.25, 0.3) is 17.0 Å². The van der Waals surface area contributed by atoms with Gasteiger partial charge in [0.25, 0.3) is 11.9 Å². The first kappa shape index (κ1) is 20.7. The molecule has 33 heavy (non-hydrogen) atoms. The lowest BCUT2D eigenvalue weighted by atomic mass is 10.1. The van der Waals surface area contributed by atoms with E-state index in [1.54, 1.807) is 20.0 Å². The van der Waals surface area contributed by atoms with Crippen LogP contribution in [-0.2, 0) is 4.74 Å². The number of aryl methyl sites for hydroxylation is 3.